The lowest BCUT2D eigenvalue weighted by Crippen LogP contribution is -2.32. The first-order valence-corrected chi connectivity index (χ1v) is 8.13. The van der Waals surface area contributed by atoms with Crippen LogP contribution in [0.3, 0.4) is 0 Å². The minimum Gasteiger partial charge on any atom is -0.352 e. The van der Waals surface area contributed by atoms with Gasteiger partial charge in [0.25, 0.3) is 0 Å². The van der Waals surface area contributed by atoms with Gasteiger partial charge in [-0.25, -0.2) is 0 Å². The molecule has 0 saturated carbocycles. The molecule has 1 fully saturated rings. The number of nitrogens with zero attached hydrogens (tertiary/aromatic N) is 1. The molecule has 3 heteroatoms. The van der Waals surface area contributed by atoms with Crippen LogP contribution in [0.2, 0.25) is 0 Å². The fourth-order valence-electron chi connectivity index (χ4n) is 3.03. The molecule has 0 unspecified atom stereocenters. The second-order valence-electron chi connectivity index (χ2n) is 6.34. The molecule has 116 valence electrons. The Labute approximate surface area is 128 Å². The van der Waals surface area contributed by atoms with E-state index >= 15 is 0 Å². The quantitative estimate of drug-likeness (QED) is 0.872. The molecule has 0 radical (unpaired) electrons. The van der Waals surface area contributed by atoms with E-state index in [1.54, 1.807) is 0 Å². The van der Waals surface area contributed by atoms with Crippen LogP contribution < -0.4 is 5.32 Å². The monoisotopic (exact) mass is 288 g/mol. The summed E-state index contributed by atoms with van der Waals surface area (Å²) in [5.74, 6) is 0.168. The van der Waals surface area contributed by atoms with Crippen molar-refractivity contribution in [1.82, 2.24) is 10.2 Å². The van der Waals surface area contributed by atoms with Crippen molar-refractivity contribution in [3.05, 3.63) is 34.9 Å². The fraction of sp³-hybridized carbons (Fsp3) is 0.611. The first-order valence-electron chi connectivity index (χ1n) is 8.13. The van der Waals surface area contributed by atoms with Crippen molar-refractivity contribution in [2.75, 3.05) is 13.1 Å². The van der Waals surface area contributed by atoms with Gasteiger partial charge in [0.15, 0.2) is 0 Å². The molecule has 3 nitrogen and oxygen atoms in total. The highest BCUT2D eigenvalue weighted by atomic mass is 16.1. The molecule has 1 amide bonds. The zero-order valence-electron chi connectivity index (χ0n) is 13.6. The zero-order valence-corrected chi connectivity index (χ0v) is 13.6. The average Bonchev–Trinajstić information content (AvgIpc) is 2.98. The summed E-state index contributed by atoms with van der Waals surface area (Å²) in [5, 5.41) is 3.05. The number of likely N-dealkylation sites (tertiary alicyclic amines) is 1. The molecule has 1 aliphatic heterocycles. The second kappa shape index (κ2) is 7.60. The van der Waals surface area contributed by atoms with Crippen molar-refractivity contribution >= 4 is 5.91 Å². The summed E-state index contributed by atoms with van der Waals surface area (Å²) in [6.45, 7) is 9.47. The molecule has 1 N–H and O–H groups in total. The SMILES string of the molecule is Cc1ccc(CNC(=O)CC[C@@H](C)N2CCCC2)c(C)c1. The van der Waals surface area contributed by atoms with E-state index in [4.69, 9.17) is 0 Å². The first kappa shape index (κ1) is 16.0. The topological polar surface area (TPSA) is 32.3 Å². The molecule has 0 bridgehead atoms. The van der Waals surface area contributed by atoms with E-state index in [0.29, 0.717) is 19.0 Å². The van der Waals surface area contributed by atoms with Gasteiger partial charge in [-0.2, -0.15) is 0 Å². The van der Waals surface area contributed by atoms with Gasteiger partial charge < -0.3 is 10.2 Å². The normalized spacial score (nSPS) is 16.9. The first-order chi connectivity index (χ1) is 10.1. The van der Waals surface area contributed by atoms with Crippen LogP contribution in [-0.4, -0.2) is 29.9 Å². The molecule has 0 aliphatic carbocycles. The molecule has 1 aromatic carbocycles. The smallest absolute Gasteiger partial charge is 0.220 e. The molecule has 2 rings (SSSR count). The van der Waals surface area contributed by atoms with E-state index in [9.17, 15) is 4.79 Å². The van der Waals surface area contributed by atoms with Crippen LogP contribution in [0.1, 0.15) is 49.3 Å². The number of amides is 1. The summed E-state index contributed by atoms with van der Waals surface area (Å²) in [7, 11) is 0. The van der Waals surface area contributed by atoms with Gasteiger partial charge in [0.1, 0.15) is 0 Å². The van der Waals surface area contributed by atoms with Gasteiger partial charge in [0.2, 0.25) is 5.91 Å². The molecule has 1 saturated heterocycles. The lowest BCUT2D eigenvalue weighted by atomic mass is 10.1. The van der Waals surface area contributed by atoms with Gasteiger partial charge in [-0.3, -0.25) is 4.79 Å². The van der Waals surface area contributed by atoms with Gasteiger partial charge in [-0.15, -0.1) is 0 Å². The van der Waals surface area contributed by atoms with Gasteiger partial charge in [-0.1, -0.05) is 23.8 Å². The van der Waals surface area contributed by atoms with Crippen LogP contribution in [0, 0.1) is 13.8 Å². The fourth-order valence-corrected chi connectivity index (χ4v) is 3.03. The molecule has 1 heterocycles. The predicted octanol–water partition coefficient (Wildman–Crippen LogP) is 3.18. The van der Waals surface area contributed by atoms with Gasteiger partial charge >= 0.3 is 0 Å². The van der Waals surface area contributed by atoms with Crippen LogP contribution in [0.25, 0.3) is 0 Å². The Bertz CT molecular complexity index is 478. The Balaban J connectivity index is 1.71. The Kier molecular flexibility index (Phi) is 5.80. The zero-order chi connectivity index (χ0) is 15.2. The Morgan fingerprint density at radius 3 is 2.67 bits per heavy atom. The summed E-state index contributed by atoms with van der Waals surface area (Å²) in [4.78, 5) is 14.5. The molecule has 1 aromatic rings. The standard InChI is InChI=1S/C18H28N2O/c1-14-6-8-17(15(2)12-14)13-19-18(21)9-7-16(3)20-10-4-5-11-20/h6,8,12,16H,4-5,7,9-11,13H2,1-3H3,(H,19,21)/t16-/m1/s1. The third-order valence-electron chi connectivity index (χ3n) is 4.53. The van der Waals surface area contributed by atoms with E-state index in [1.807, 2.05) is 0 Å². The minimum absolute atomic E-state index is 0.168. The largest absolute Gasteiger partial charge is 0.352 e. The molecule has 21 heavy (non-hydrogen) atoms. The van der Waals surface area contributed by atoms with Crippen molar-refractivity contribution in [2.45, 2.75) is 59.0 Å². The van der Waals surface area contributed by atoms with E-state index in [2.05, 4.69) is 49.2 Å². The molecule has 0 aromatic heterocycles. The molecule has 1 atom stereocenters. The summed E-state index contributed by atoms with van der Waals surface area (Å²) in [5.41, 5.74) is 3.73. The van der Waals surface area contributed by atoms with Gasteiger partial charge in [0.05, 0.1) is 0 Å². The number of nitrogens with one attached hydrogen (secondary N) is 1. The third kappa shape index (κ3) is 4.85. The Morgan fingerprint density at radius 2 is 2.00 bits per heavy atom. The number of hydrogen-bond acceptors (Lipinski definition) is 2. The Morgan fingerprint density at radius 1 is 1.29 bits per heavy atom. The summed E-state index contributed by atoms with van der Waals surface area (Å²) >= 11 is 0. The van der Waals surface area contributed by atoms with Crippen LogP contribution >= 0.6 is 0 Å². The van der Waals surface area contributed by atoms with Crippen LogP contribution in [-0.2, 0) is 11.3 Å². The van der Waals surface area contributed by atoms with E-state index in [0.717, 1.165) is 6.42 Å². The van der Waals surface area contributed by atoms with Crippen molar-refractivity contribution in [3.63, 3.8) is 0 Å². The van der Waals surface area contributed by atoms with Crippen molar-refractivity contribution in [1.29, 1.82) is 0 Å². The van der Waals surface area contributed by atoms with Gasteiger partial charge in [0, 0.05) is 19.0 Å². The highest BCUT2D eigenvalue weighted by molar-refractivity contribution is 5.75. The van der Waals surface area contributed by atoms with E-state index < -0.39 is 0 Å². The Hall–Kier alpha value is -1.35. The van der Waals surface area contributed by atoms with Crippen LogP contribution in [0.5, 0.6) is 0 Å². The number of carbonyl (C=O) groups is 1. The van der Waals surface area contributed by atoms with Crippen molar-refractivity contribution in [3.8, 4) is 0 Å². The van der Waals surface area contributed by atoms with E-state index in [-0.39, 0.29) is 5.91 Å². The van der Waals surface area contributed by atoms with Gasteiger partial charge in [-0.05, 0) is 64.3 Å². The molecule has 1 aliphatic rings. The maximum absolute atomic E-state index is 12.0. The summed E-state index contributed by atoms with van der Waals surface area (Å²) in [6.07, 6.45) is 4.20. The lowest BCUT2D eigenvalue weighted by molar-refractivity contribution is -0.121. The predicted molar refractivity (Wildman–Crippen MR) is 87.3 cm³/mol. The van der Waals surface area contributed by atoms with Crippen molar-refractivity contribution < 1.29 is 4.79 Å². The highest BCUT2D eigenvalue weighted by Gasteiger charge is 2.18. The maximum atomic E-state index is 12.0. The lowest BCUT2D eigenvalue weighted by Gasteiger charge is -2.23. The van der Waals surface area contributed by atoms with E-state index in [1.165, 1.54) is 42.6 Å². The third-order valence-corrected chi connectivity index (χ3v) is 4.53. The molecular formula is C18H28N2O. The number of aryl methyl sites for hydroxylation is 2. The van der Waals surface area contributed by atoms with Crippen LogP contribution in [0.4, 0.5) is 0 Å². The second-order valence-corrected chi connectivity index (χ2v) is 6.34. The highest BCUT2D eigenvalue weighted by Crippen LogP contribution is 2.15. The average molecular weight is 288 g/mol. The molecular weight excluding hydrogens is 260 g/mol. The summed E-state index contributed by atoms with van der Waals surface area (Å²) < 4.78 is 0. The van der Waals surface area contributed by atoms with Crippen molar-refractivity contribution in [2.24, 2.45) is 0 Å². The maximum Gasteiger partial charge on any atom is 0.220 e. The molecule has 0 spiro atoms. The van der Waals surface area contributed by atoms with Crippen LogP contribution in [0.15, 0.2) is 18.2 Å². The number of rotatable bonds is 6. The number of benzene rings is 1. The number of carbonyl (C=O) groups excluding carboxylic acids is 1. The summed E-state index contributed by atoms with van der Waals surface area (Å²) in [6, 6.07) is 6.90. The minimum atomic E-state index is 0.168. The number of hydrogen-bond donors (Lipinski definition) is 1.